The Hall–Kier alpha value is -3.13. The van der Waals surface area contributed by atoms with Crippen LogP contribution in [-0.4, -0.2) is 87.9 Å². The standard InChI is InChI=1S/C28H32F4N4O5S2/c1-41-25-12-18(43(33,39)40)7-8-23(25)34-10-3-6-26-20(13-28(30,31)32)19-4-2-5-24(27(19)42-26)35-22-9-11-36(15-21(22)29)14-17(38)16-37/h2,4-5,7-8,12,17,21-22,34-35,37-38H,9-11,13-16H2,1H3,(H2,33,39,40). The molecule has 3 atom stereocenters. The molecule has 234 valence electrons. The molecule has 1 aliphatic heterocycles. The summed E-state index contributed by atoms with van der Waals surface area (Å²) in [5.41, 5.74) is 0.955. The number of sulfonamides is 1. The van der Waals surface area contributed by atoms with E-state index < -0.39 is 47.5 Å². The number of primary sulfonamides is 1. The lowest BCUT2D eigenvalue weighted by Crippen LogP contribution is -2.50. The summed E-state index contributed by atoms with van der Waals surface area (Å²) in [6.45, 7) is 0.278. The zero-order valence-corrected chi connectivity index (χ0v) is 24.8. The molecule has 43 heavy (non-hydrogen) atoms. The van der Waals surface area contributed by atoms with Crippen LogP contribution in [-0.2, 0) is 16.4 Å². The third kappa shape index (κ3) is 8.49. The van der Waals surface area contributed by atoms with Crippen molar-refractivity contribution in [3.05, 3.63) is 46.8 Å². The molecule has 0 radical (unpaired) electrons. The minimum Gasteiger partial charge on any atom is -0.495 e. The van der Waals surface area contributed by atoms with Crippen LogP contribution in [0.25, 0.3) is 10.1 Å². The number of likely N-dealkylation sites (tertiary alicyclic amines) is 1. The van der Waals surface area contributed by atoms with Crippen LogP contribution in [0, 0.1) is 11.8 Å². The number of aliphatic hydroxyl groups is 2. The number of anilines is 2. The van der Waals surface area contributed by atoms with E-state index in [-0.39, 0.29) is 40.7 Å². The quantitative estimate of drug-likeness (QED) is 0.168. The SMILES string of the molecule is COc1cc(S(N)(=O)=O)ccc1NCC#Cc1sc2c(NC3CCN(CC(O)CO)CC3F)cccc2c1CC(F)(F)F. The van der Waals surface area contributed by atoms with E-state index in [1.807, 2.05) is 0 Å². The Morgan fingerprint density at radius 3 is 2.67 bits per heavy atom. The van der Waals surface area contributed by atoms with E-state index in [2.05, 4.69) is 22.5 Å². The number of hydrogen-bond acceptors (Lipinski definition) is 9. The Morgan fingerprint density at radius 2 is 2.02 bits per heavy atom. The molecule has 9 nitrogen and oxygen atoms in total. The molecule has 2 aromatic carbocycles. The van der Waals surface area contributed by atoms with Gasteiger partial charge in [0.1, 0.15) is 11.9 Å². The number of halogens is 4. The number of methoxy groups -OCH3 is 1. The van der Waals surface area contributed by atoms with Crippen molar-refractivity contribution in [3.63, 3.8) is 0 Å². The molecule has 3 aromatic rings. The normalized spacial score (nSPS) is 18.6. The van der Waals surface area contributed by atoms with Gasteiger partial charge in [0.25, 0.3) is 0 Å². The van der Waals surface area contributed by atoms with Gasteiger partial charge in [0.15, 0.2) is 0 Å². The van der Waals surface area contributed by atoms with Crippen LogP contribution in [0.1, 0.15) is 16.9 Å². The molecule has 2 heterocycles. The zero-order chi connectivity index (χ0) is 31.4. The number of aliphatic hydroxyl groups excluding tert-OH is 2. The topological polar surface area (TPSA) is 137 Å². The van der Waals surface area contributed by atoms with Crippen LogP contribution in [0.15, 0.2) is 41.3 Å². The minimum absolute atomic E-state index is 0.0168. The van der Waals surface area contributed by atoms with E-state index in [4.69, 9.17) is 15.0 Å². The highest BCUT2D eigenvalue weighted by molar-refractivity contribution is 7.89. The van der Waals surface area contributed by atoms with Gasteiger partial charge in [-0.1, -0.05) is 24.0 Å². The lowest BCUT2D eigenvalue weighted by molar-refractivity contribution is -0.126. The van der Waals surface area contributed by atoms with Crippen molar-refractivity contribution in [2.45, 2.75) is 42.2 Å². The Morgan fingerprint density at radius 1 is 1.26 bits per heavy atom. The van der Waals surface area contributed by atoms with Crippen molar-refractivity contribution in [1.29, 1.82) is 0 Å². The first-order valence-electron chi connectivity index (χ1n) is 13.3. The average Bonchev–Trinajstić information content (AvgIpc) is 3.28. The molecule has 3 unspecified atom stereocenters. The predicted molar refractivity (Wildman–Crippen MR) is 158 cm³/mol. The molecular weight excluding hydrogens is 612 g/mol. The van der Waals surface area contributed by atoms with Crippen molar-refractivity contribution in [2.75, 3.05) is 50.5 Å². The number of thiophene rings is 1. The second kappa shape index (κ2) is 13.7. The van der Waals surface area contributed by atoms with Gasteiger partial charge in [-0.2, -0.15) is 13.2 Å². The van der Waals surface area contributed by atoms with Crippen molar-refractivity contribution >= 4 is 42.8 Å². The largest absolute Gasteiger partial charge is 0.495 e. The first kappa shape index (κ1) is 32.8. The predicted octanol–water partition coefficient (Wildman–Crippen LogP) is 3.30. The van der Waals surface area contributed by atoms with Crippen molar-refractivity contribution in [3.8, 4) is 17.6 Å². The second-order valence-corrected chi connectivity index (χ2v) is 12.7. The molecule has 0 saturated carbocycles. The third-order valence-corrected chi connectivity index (χ3v) is 9.02. The molecule has 1 fully saturated rings. The number of alkyl halides is 4. The van der Waals surface area contributed by atoms with Crippen LogP contribution >= 0.6 is 11.3 Å². The first-order valence-corrected chi connectivity index (χ1v) is 15.6. The highest BCUT2D eigenvalue weighted by Crippen LogP contribution is 2.39. The fourth-order valence-corrected chi connectivity index (χ4v) is 6.57. The number of hydrogen-bond donors (Lipinski definition) is 5. The molecule has 15 heteroatoms. The fraction of sp³-hybridized carbons (Fsp3) is 0.429. The van der Waals surface area contributed by atoms with Gasteiger partial charge in [-0.25, -0.2) is 17.9 Å². The number of nitrogens with one attached hydrogen (secondary N) is 2. The van der Waals surface area contributed by atoms with Gasteiger partial charge in [0.2, 0.25) is 10.0 Å². The number of β-amino-alcohol motifs (C(OH)–C–C–N with tert-alkyl or cyclic N) is 1. The molecule has 1 aromatic heterocycles. The highest BCUT2D eigenvalue weighted by Gasteiger charge is 2.33. The lowest BCUT2D eigenvalue weighted by Gasteiger charge is -2.36. The zero-order valence-electron chi connectivity index (χ0n) is 23.1. The van der Waals surface area contributed by atoms with E-state index >= 15 is 4.39 Å². The summed E-state index contributed by atoms with van der Waals surface area (Å²) < 4.78 is 84.8. The van der Waals surface area contributed by atoms with E-state index in [1.165, 1.54) is 25.3 Å². The maximum Gasteiger partial charge on any atom is 0.393 e. The number of piperidine rings is 1. The average molecular weight is 645 g/mol. The van der Waals surface area contributed by atoms with Gasteiger partial charge >= 0.3 is 6.18 Å². The maximum absolute atomic E-state index is 15.1. The molecular formula is C28H32F4N4O5S2. The first-order chi connectivity index (χ1) is 20.3. The summed E-state index contributed by atoms with van der Waals surface area (Å²) in [5, 5.41) is 30.4. The van der Waals surface area contributed by atoms with Crippen molar-refractivity contribution in [2.24, 2.45) is 5.14 Å². The lowest BCUT2D eigenvalue weighted by atomic mass is 10.0. The molecule has 4 rings (SSSR count). The molecule has 0 aliphatic carbocycles. The van der Waals surface area contributed by atoms with Crippen molar-refractivity contribution in [1.82, 2.24) is 4.90 Å². The van der Waals surface area contributed by atoms with E-state index in [0.29, 0.717) is 34.4 Å². The second-order valence-electron chi connectivity index (χ2n) is 10.1. The van der Waals surface area contributed by atoms with Gasteiger partial charge in [-0.05, 0) is 35.6 Å². The molecule has 0 amide bonds. The van der Waals surface area contributed by atoms with Crippen LogP contribution in [0.3, 0.4) is 0 Å². The van der Waals surface area contributed by atoms with Gasteiger partial charge < -0.3 is 25.6 Å². The molecule has 1 aliphatic rings. The van der Waals surface area contributed by atoms with Gasteiger partial charge in [0, 0.05) is 25.7 Å². The Labute approximate surface area is 250 Å². The number of ether oxygens (including phenoxy) is 1. The van der Waals surface area contributed by atoms with Crippen molar-refractivity contribution < 1.29 is 40.9 Å². The highest BCUT2D eigenvalue weighted by atomic mass is 32.2. The Kier molecular flexibility index (Phi) is 10.4. The van der Waals surface area contributed by atoms with Crippen LogP contribution in [0.4, 0.5) is 28.9 Å². The molecule has 6 N–H and O–H groups in total. The van der Waals surface area contributed by atoms with Crippen LogP contribution < -0.4 is 20.5 Å². The third-order valence-electron chi connectivity index (χ3n) is 6.91. The smallest absolute Gasteiger partial charge is 0.393 e. The van der Waals surface area contributed by atoms with Gasteiger partial charge in [-0.3, -0.25) is 4.90 Å². The van der Waals surface area contributed by atoms with E-state index in [1.54, 1.807) is 23.1 Å². The molecule has 1 saturated heterocycles. The molecule has 0 bridgehead atoms. The summed E-state index contributed by atoms with van der Waals surface area (Å²) in [5.74, 6) is 5.86. The summed E-state index contributed by atoms with van der Waals surface area (Å²) >= 11 is 1.09. The van der Waals surface area contributed by atoms with Gasteiger partial charge in [0.05, 0.1) is 64.7 Å². The fourth-order valence-electron chi connectivity index (χ4n) is 4.87. The number of nitrogens with zero attached hydrogens (tertiary/aromatic N) is 1. The van der Waals surface area contributed by atoms with Crippen LogP contribution in [0.2, 0.25) is 0 Å². The summed E-state index contributed by atoms with van der Waals surface area (Å²) in [7, 11) is -2.59. The maximum atomic E-state index is 15.1. The monoisotopic (exact) mass is 644 g/mol. The van der Waals surface area contributed by atoms with Gasteiger partial charge in [-0.15, -0.1) is 11.3 Å². The Balaban J connectivity index is 1.56. The number of rotatable bonds is 10. The number of fused-ring (bicyclic) bond motifs is 1. The Bertz CT molecular complexity index is 1600. The number of benzene rings is 2. The summed E-state index contributed by atoms with van der Waals surface area (Å²) in [4.78, 5) is 1.81. The van der Waals surface area contributed by atoms with E-state index in [9.17, 15) is 26.7 Å². The van der Waals surface area contributed by atoms with E-state index in [0.717, 1.165) is 11.3 Å². The summed E-state index contributed by atoms with van der Waals surface area (Å²) in [6, 6.07) is 8.30. The minimum atomic E-state index is -4.49. The summed E-state index contributed by atoms with van der Waals surface area (Å²) in [6.07, 6.45) is -7.53. The number of nitrogens with two attached hydrogens (primary N) is 1. The molecule has 0 spiro atoms. The van der Waals surface area contributed by atoms with Crippen LogP contribution in [0.5, 0.6) is 5.75 Å².